The maximum Gasteiger partial charge on any atom is 0.138 e. The Labute approximate surface area is 86.6 Å². The van der Waals surface area contributed by atoms with Crippen LogP contribution in [-0.2, 0) is 4.79 Å². The molecule has 0 unspecified atom stereocenters. The van der Waals surface area contributed by atoms with Gasteiger partial charge in [-0.2, -0.15) is 0 Å². The SMILES string of the molecule is CCC(=O)C(C)(C)CC(C)(C)C(=N)N. The first-order chi connectivity index (χ1) is 6.13. The summed E-state index contributed by atoms with van der Waals surface area (Å²) in [7, 11) is 0. The summed E-state index contributed by atoms with van der Waals surface area (Å²) >= 11 is 0. The minimum atomic E-state index is -0.395. The average molecular weight is 198 g/mol. The molecular formula is C11H22N2O. The highest BCUT2D eigenvalue weighted by atomic mass is 16.1. The zero-order valence-electron chi connectivity index (χ0n) is 9.90. The molecule has 3 N–H and O–H groups in total. The van der Waals surface area contributed by atoms with E-state index in [2.05, 4.69) is 0 Å². The number of hydrogen-bond acceptors (Lipinski definition) is 2. The fourth-order valence-corrected chi connectivity index (χ4v) is 1.78. The monoisotopic (exact) mass is 198 g/mol. The molecule has 0 heterocycles. The van der Waals surface area contributed by atoms with Gasteiger partial charge in [-0.1, -0.05) is 34.6 Å². The van der Waals surface area contributed by atoms with Gasteiger partial charge in [0.15, 0.2) is 0 Å². The van der Waals surface area contributed by atoms with Gasteiger partial charge in [-0.25, -0.2) is 0 Å². The maximum atomic E-state index is 11.6. The van der Waals surface area contributed by atoms with Crippen LogP contribution >= 0.6 is 0 Å². The van der Waals surface area contributed by atoms with E-state index in [1.165, 1.54) is 0 Å². The number of carbonyl (C=O) groups is 1. The molecule has 0 bridgehead atoms. The van der Waals surface area contributed by atoms with Crippen molar-refractivity contribution in [2.45, 2.75) is 47.5 Å². The smallest absolute Gasteiger partial charge is 0.138 e. The summed E-state index contributed by atoms with van der Waals surface area (Å²) in [6.45, 7) is 9.51. The van der Waals surface area contributed by atoms with E-state index in [9.17, 15) is 4.79 Å². The minimum absolute atomic E-state index is 0.148. The molecule has 0 saturated heterocycles. The summed E-state index contributed by atoms with van der Waals surface area (Å²) in [5.74, 6) is 0.376. The van der Waals surface area contributed by atoms with E-state index in [4.69, 9.17) is 11.1 Å². The Hall–Kier alpha value is -0.860. The Morgan fingerprint density at radius 3 is 1.93 bits per heavy atom. The molecule has 14 heavy (non-hydrogen) atoms. The lowest BCUT2D eigenvalue weighted by molar-refractivity contribution is -0.127. The Kier molecular flexibility index (Phi) is 3.86. The molecule has 0 aromatic carbocycles. The molecule has 0 rings (SSSR count). The summed E-state index contributed by atoms with van der Waals surface area (Å²) in [5.41, 5.74) is 4.71. The lowest BCUT2D eigenvalue weighted by Gasteiger charge is -2.32. The minimum Gasteiger partial charge on any atom is -0.387 e. The first-order valence-corrected chi connectivity index (χ1v) is 5.01. The van der Waals surface area contributed by atoms with Crippen molar-refractivity contribution in [3.63, 3.8) is 0 Å². The Bertz CT molecular complexity index is 242. The van der Waals surface area contributed by atoms with Gasteiger partial charge in [-0.15, -0.1) is 0 Å². The predicted molar refractivity (Wildman–Crippen MR) is 59.4 cm³/mol. The fourth-order valence-electron chi connectivity index (χ4n) is 1.78. The zero-order valence-corrected chi connectivity index (χ0v) is 9.90. The van der Waals surface area contributed by atoms with Gasteiger partial charge < -0.3 is 5.73 Å². The van der Waals surface area contributed by atoms with Crippen LogP contribution < -0.4 is 5.73 Å². The van der Waals surface area contributed by atoms with Crippen LogP contribution in [-0.4, -0.2) is 11.6 Å². The largest absolute Gasteiger partial charge is 0.387 e. The Morgan fingerprint density at radius 1 is 1.21 bits per heavy atom. The summed E-state index contributed by atoms with van der Waals surface area (Å²) < 4.78 is 0. The van der Waals surface area contributed by atoms with E-state index in [1.54, 1.807) is 0 Å². The van der Waals surface area contributed by atoms with Gasteiger partial charge in [0.05, 0.1) is 5.84 Å². The van der Waals surface area contributed by atoms with Crippen molar-refractivity contribution >= 4 is 11.6 Å². The van der Waals surface area contributed by atoms with Crippen molar-refractivity contribution in [1.29, 1.82) is 5.41 Å². The number of nitrogens with one attached hydrogen (secondary N) is 1. The predicted octanol–water partition coefficient (Wildman–Crippen LogP) is 2.34. The van der Waals surface area contributed by atoms with E-state index in [1.807, 2.05) is 34.6 Å². The molecule has 0 atom stereocenters. The van der Waals surface area contributed by atoms with E-state index in [0.29, 0.717) is 12.8 Å². The van der Waals surface area contributed by atoms with E-state index in [-0.39, 0.29) is 17.0 Å². The molecule has 0 radical (unpaired) electrons. The van der Waals surface area contributed by atoms with Crippen molar-refractivity contribution in [3.05, 3.63) is 0 Å². The van der Waals surface area contributed by atoms with Crippen LogP contribution in [0.5, 0.6) is 0 Å². The molecule has 0 aromatic rings. The molecule has 0 aliphatic carbocycles. The third-order valence-corrected chi connectivity index (χ3v) is 2.69. The molecule has 3 heteroatoms. The third-order valence-electron chi connectivity index (χ3n) is 2.69. The lowest BCUT2D eigenvalue weighted by atomic mass is 9.72. The first-order valence-electron chi connectivity index (χ1n) is 5.01. The summed E-state index contributed by atoms with van der Waals surface area (Å²) in [5, 5.41) is 7.44. The van der Waals surface area contributed by atoms with Crippen LogP contribution in [0.25, 0.3) is 0 Å². The normalized spacial score (nSPS) is 12.6. The molecule has 0 aliphatic rings. The third kappa shape index (κ3) is 3.13. The first kappa shape index (κ1) is 13.1. The lowest BCUT2D eigenvalue weighted by Crippen LogP contribution is -2.38. The van der Waals surface area contributed by atoms with E-state index in [0.717, 1.165) is 0 Å². The zero-order chi connectivity index (χ0) is 11.6. The number of amidine groups is 1. The van der Waals surface area contributed by atoms with Crippen molar-refractivity contribution in [2.75, 3.05) is 0 Å². The number of ketones is 1. The molecule has 0 saturated carbocycles. The van der Waals surface area contributed by atoms with Gasteiger partial charge in [0.1, 0.15) is 5.78 Å². The van der Waals surface area contributed by atoms with Crippen LogP contribution in [0.15, 0.2) is 0 Å². The molecule has 0 fully saturated rings. The molecule has 0 spiro atoms. The van der Waals surface area contributed by atoms with Crippen molar-refractivity contribution < 1.29 is 4.79 Å². The summed E-state index contributed by atoms with van der Waals surface area (Å²) in [6.07, 6.45) is 1.17. The summed E-state index contributed by atoms with van der Waals surface area (Å²) in [6, 6.07) is 0. The second kappa shape index (κ2) is 4.11. The Morgan fingerprint density at radius 2 is 1.64 bits per heavy atom. The fraction of sp³-hybridized carbons (Fsp3) is 0.818. The topological polar surface area (TPSA) is 66.9 Å². The second-order valence-electron chi connectivity index (χ2n) is 5.13. The van der Waals surface area contributed by atoms with E-state index >= 15 is 0 Å². The highest BCUT2D eigenvalue weighted by molar-refractivity contribution is 5.87. The van der Waals surface area contributed by atoms with Gasteiger partial charge in [0, 0.05) is 17.3 Å². The van der Waals surface area contributed by atoms with Gasteiger partial charge in [0.25, 0.3) is 0 Å². The van der Waals surface area contributed by atoms with Gasteiger partial charge in [-0.3, -0.25) is 10.2 Å². The number of nitrogens with two attached hydrogens (primary N) is 1. The van der Waals surface area contributed by atoms with Crippen LogP contribution in [0.4, 0.5) is 0 Å². The molecule has 82 valence electrons. The number of carbonyl (C=O) groups excluding carboxylic acids is 1. The van der Waals surface area contributed by atoms with E-state index < -0.39 is 5.41 Å². The average Bonchev–Trinajstić information content (AvgIpc) is 2.00. The molecular weight excluding hydrogens is 176 g/mol. The summed E-state index contributed by atoms with van der Waals surface area (Å²) in [4.78, 5) is 11.6. The van der Waals surface area contributed by atoms with Gasteiger partial charge in [-0.05, 0) is 6.42 Å². The standard InChI is InChI=1S/C11H22N2O/c1-6-8(14)10(2,3)7-11(4,5)9(12)13/h6-7H2,1-5H3,(H3,12,13). The quantitative estimate of drug-likeness (QED) is 0.526. The van der Waals surface area contributed by atoms with Gasteiger partial charge in [0.2, 0.25) is 0 Å². The number of hydrogen-bond donors (Lipinski definition) is 2. The van der Waals surface area contributed by atoms with Gasteiger partial charge >= 0.3 is 0 Å². The molecule has 0 aromatic heterocycles. The second-order valence-corrected chi connectivity index (χ2v) is 5.13. The molecule has 0 aliphatic heterocycles. The molecule has 0 amide bonds. The highest BCUT2D eigenvalue weighted by Crippen LogP contribution is 2.34. The van der Waals surface area contributed by atoms with Crippen LogP contribution in [0.1, 0.15) is 47.5 Å². The number of rotatable bonds is 5. The maximum absolute atomic E-state index is 11.6. The van der Waals surface area contributed by atoms with Crippen molar-refractivity contribution in [2.24, 2.45) is 16.6 Å². The Balaban J connectivity index is 4.66. The van der Waals surface area contributed by atoms with Crippen LogP contribution in [0.2, 0.25) is 0 Å². The van der Waals surface area contributed by atoms with Crippen LogP contribution in [0.3, 0.4) is 0 Å². The van der Waals surface area contributed by atoms with Crippen molar-refractivity contribution in [3.8, 4) is 0 Å². The van der Waals surface area contributed by atoms with Crippen LogP contribution in [0, 0.1) is 16.2 Å². The van der Waals surface area contributed by atoms with Crippen molar-refractivity contribution in [1.82, 2.24) is 0 Å². The molecule has 3 nitrogen and oxygen atoms in total. The number of Topliss-reactive ketones (excluding diaryl/α,β-unsaturated/α-hetero) is 1. The highest BCUT2D eigenvalue weighted by Gasteiger charge is 2.35.